The molecule has 1 heterocycles. The predicted octanol–water partition coefficient (Wildman–Crippen LogP) is 1.63. The fraction of sp³-hybridized carbons (Fsp3) is 0.412. The molecule has 2 aliphatic rings. The zero-order chi connectivity index (χ0) is 15.0. The molecule has 1 aliphatic carbocycles. The number of imide groups is 1. The van der Waals surface area contributed by atoms with E-state index in [1.165, 1.54) is 4.90 Å². The van der Waals surface area contributed by atoms with Crippen molar-refractivity contribution >= 4 is 17.5 Å². The lowest BCUT2D eigenvalue weighted by atomic mass is 10.00. The summed E-state index contributed by atoms with van der Waals surface area (Å²) in [5, 5.41) is 8.78. The highest BCUT2D eigenvalue weighted by Crippen LogP contribution is 2.41. The molecule has 2 unspecified atom stereocenters. The monoisotopic (exact) mass is 283 g/mol. The molecule has 108 valence electrons. The molecule has 1 aliphatic heterocycles. The Morgan fingerprint density at radius 2 is 1.86 bits per heavy atom. The first-order valence-electron chi connectivity index (χ1n) is 7.21. The number of rotatable bonds is 1. The molecule has 21 heavy (non-hydrogen) atoms. The van der Waals surface area contributed by atoms with Gasteiger partial charge in [-0.1, -0.05) is 18.3 Å². The molecule has 1 aromatic carbocycles. The topological polar surface area (TPSA) is 57.6 Å². The third-order valence-corrected chi connectivity index (χ3v) is 4.22. The van der Waals surface area contributed by atoms with E-state index in [4.69, 9.17) is 5.11 Å². The van der Waals surface area contributed by atoms with Crippen LogP contribution in [0.3, 0.4) is 0 Å². The van der Waals surface area contributed by atoms with Gasteiger partial charge in [-0.2, -0.15) is 0 Å². The van der Waals surface area contributed by atoms with Crippen LogP contribution in [0.2, 0.25) is 0 Å². The van der Waals surface area contributed by atoms with Crippen molar-refractivity contribution in [2.24, 2.45) is 11.8 Å². The van der Waals surface area contributed by atoms with Crippen molar-refractivity contribution in [3.05, 3.63) is 29.3 Å². The number of nitrogens with zero attached hydrogens (tertiary/aromatic N) is 1. The van der Waals surface area contributed by atoms with Crippen LogP contribution in [0.4, 0.5) is 5.69 Å². The van der Waals surface area contributed by atoms with E-state index in [2.05, 4.69) is 11.8 Å². The molecule has 4 heteroatoms. The Labute approximate surface area is 123 Å². The first kappa shape index (κ1) is 13.8. The molecule has 1 saturated carbocycles. The van der Waals surface area contributed by atoms with Crippen molar-refractivity contribution < 1.29 is 14.7 Å². The molecular formula is C17H17NO3. The van der Waals surface area contributed by atoms with E-state index in [1.54, 1.807) is 6.07 Å². The third kappa shape index (κ3) is 2.34. The number of carbonyl (C=O) groups excluding carboxylic acids is 2. The lowest BCUT2D eigenvalue weighted by molar-refractivity contribution is -0.122. The molecule has 1 saturated heterocycles. The number of amides is 2. The normalized spacial score (nSPS) is 24.0. The Bertz CT molecular complexity index is 646. The standard InChI is InChI=1S/C17H17NO3/c1-11-8-12(4-3-7-19)10-13(9-11)18-16(20)14-5-2-6-15(14)17(18)21/h8-10,14-15,19H,2,5-7H2,1H3. The van der Waals surface area contributed by atoms with Crippen molar-refractivity contribution in [3.63, 3.8) is 0 Å². The Morgan fingerprint density at radius 1 is 1.19 bits per heavy atom. The van der Waals surface area contributed by atoms with Gasteiger partial charge in [0, 0.05) is 5.56 Å². The van der Waals surface area contributed by atoms with Crippen LogP contribution in [0.5, 0.6) is 0 Å². The van der Waals surface area contributed by atoms with Crippen LogP contribution in [0.25, 0.3) is 0 Å². The minimum atomic E-state index is -0.213. The van der Waals surface area contributed by atoms with Gasteiger partial charge in [0.25, 0.3) is 0 Å². The van der Waals surface area contributed by atoms with Gasteiger partial charge in [0.05, 0.1) is 17.5 Å². The number of fused-ring (bicyclic) bond motifs is 1. The van der Waals surface area contributed by atoms with Crippen LogP contribution in [0.1, 0.15) is 30.4 Å². The summed E-state index contributed by atoms with van der Waals surface area (Å²) in [5.41, 5.74) is 2.24. The fourth-order valence-electron chi connectivity index (χ4n) is 3.35. The zero-order valence-corrected chi connectivity index (χ0v) is 11.9. The highest BCUT2D eigenvalue weighted by atomic mass is 16.2. The summed E-state index contributed by atoms with van der Waals surface area (Å²) in [6, 6.07) is 5.45. The Kier molecular flexibility index (Phi) is 3.52. The van der Waals surface area contributed by atoms with Gasteiger partial charge in [0.1, 0.15) is 6.61 Å². The van der Waals surface area contributed by atoms with Crippen LogP contribution in [0, 0.1) is 30.6 Å². The average Bonchev–Trinajstić information content (AvgIpc) is 3.01. The molecule has 2 atom stereocenters. The molecule has 0 aromatic heterocycles. The fourth-order valence-corrected chi connectivity index (χ4v) is 3.35. The van der Waals surface area contributed by atoms with Gasteiger partial charge in [0.2, 0.25) is 11.8 Å². The largest absolute Gasteiger partial charge is 0.384 e. The first-order chi connectivity index (χ1) is 10.1. The lowest BCUT2D eigenvalue weighted by Gasteiger charge is -2.17. The average molecular weight is 283 g/mol. The summed E-state index contributed by atoms with van der Waals surface area (Å²) in [6.45, 7) is 1.69. The number of carbonyl (C=O) groups is 2. The second-order valence-electron chi connectivity index (χ2n) is 5.67. The molecule has 0 bridgehead atoms. The SMILES string of the molecule is Cc1cc(C#CCO)cc(N2C(=O)C3CCCC3C2=O)c1. The summed E-state index contributed by atoms with van der Waals surface area (Å²) in [5.74, 6) is 5.00. The summed E-state index contributed by atoms with van der Waals surface area (Å²) >= 11 is 0. The Hall–Kier alpha value is -2.12. The second-order valence-corrected chi connectivity index (χ2v) is 5.67. The van der Waals surface area contributed by atoms with Crippen molar-refractivity contribution in [2.75, 3.05) is 11.5 Å². The van der Waals surface area contributed by atoms with E-state index in [9.17, 15) is 9.59 Å². The number of aliphatic hydroxyl groups is 1. The van der Waals surface area contributed by atoms with E-state index in [0.717, 1.165) is 24.8 Å². The number of anilines is 1. The lowest BCUT2D eigenvalue weighted by Crippen LogP contribution is -2.31. The first-order valence-corrected chi connectivity index (χ1v) is 7.21. The Balaban J connectivity index is 1.99. The summed E-state index contributed by atoms with van der Waals surface area (Å²) in [4.78, 5) is 26.3. The van der Waals surface area contributed by atoms with Crippen LogP contribution >= 0.6 is 0 Å². The molecule has 0 spiro atoms. The van der Waals surface area contributed by atoms with Crippen LogP contribution in [-0.4, -0.2) is 23.5 Å². The van der Waals surface area contributed by atoms with E-state index in [0.29, 0.717) is 11.3 Å². The molecule has 2 fully saturated rings. The van der Waals surface area contributed by atoms with Gasteiger partial charge in [-0.15, -0.1) is 0 Å². The maximum Gasteiger partial charge on any atom is 0.237 e. The summed E-state index contributed by atoms with van der Waals surface area (Å²) < 4.78 is 0. The molecule has 2 amide bonds. The van der Waals surface area contributed by atoms with Crippen LogP contribution in [-0.2, 0) is 9.59 Å². The van der Waals surface area contributed by atoms with E-state index in [-0.39, 0.29) is 30.3 Å². The summed E-state index contributed by atoms with van der Waals surface area (Å²) in [7, 11) is 0. The number of hydrogen-bond acceptors (Lipinski definition) is 3. The zero-order valence-electron chi connectivity index (χ0n) is 11.9. The van der Waals surface area contributed by atoms with Crippen molar-refractivity contribution in [1.29, 1.82) is 0 Å². The van der Waals surface area contributed by atoms with Gasteiger partial charge in [0.15, 0.2) is 0 Å². The number of aliphatic hydroxyl groups excluding tert-OH is 1. The molecule has 1 N–H and O–H groups in total. The van der Waals surface area contributed by atoms with Gasteiger partial charge in [-0.3, -0.25) is 14.5 Å². The minimum Gasteiger partial charge on any atom is -0.384 e. The molecular weight excluding hydrogens is 266 g/mol. The number of hydrogen-bond donors (Lipinski definition) is 1. The molecule has 3 rings (SSSR count). The minimum absolute atomic E-state index is 0.0748. The molecule has 0 radical (unpaired) electrons. The number of benzene rings is 1. The van der Waals surface area contributed by atoms with Crippen molar-refractivity contribution in [1.82, 2.24) is 0 Å². The maximum atomic E-state index is 12.5. The van der Waals surface area contributed by atoms with Crippen LogP contribution < -0.4 is 4.90 Å². The number of aryl methyl sites for hydroxylation is 1. The molecule has 4 nitrogen and oxygen atoms in total. The van der Waals surface area contributed by atoms with Gasteiger partial charge >= 0.3 is 0 Å². The highest BCUT2D eigenvalue weighted by molar-refractivity contribution is 6.22. The Morgan fingerprint density at radius 3 is 2.48 bits per heavy atom. The maximum absolute atomic E-state index is 12.5. The van der Waals surface area contributed by atoms with E-state index >= 15 is 0 Å². The van der Waals surface area contributed by atoms with Gasteiger partial charge < -0.3 is 5.11 Å². The van der Waals surface area contributed by atoms with Crippen molar-refractivity contribution in [3.8, 4) is 11.8 Å². The second kappa shape index (κ2) is 5.34. The van der Waals surface area contributed by atoms with Crippen molar-refractivity contribution in [2.45, 2.75) is 26.2 Å². The predicted molar refractivity (Wildman–Crippen MR) is 78.5 cm³/mol. The van der Waals surface area contributed by atoms with E-state index in [1.807, 2.05) is 19.1 Å². The summed E-state index contributed by atoms with van der Waals surface area (Å²) in [6.07, 6.45) is 2.59. The van der Waals surface area contributed by atoms with Gasteiger partial charge in [-0.25, -0.2) is 0 Å². The quantitative estimate of drug-likeness (QED) is 0.629. The third-order valence-electron chi connectivity index (χ3n) is 4.22. The smallest absolute Gasteiger partial charge is 0.237 e. The van der Waals surface area contributed by atoms with Crippen LogP contribution in [0.15, 0.2) is 18.2 Å². The molecule has 1 aromatic rings. The van der Waals surface area contributed by atoms with E-state index < -0.39 is 0 Å². The van der Waals surface area contributed by atoms with Gasteiger partial charge in [-0.05, 0) is 43.5 Å². The highest BCUT2D eigenvalue weighted by Gasteiger charge is 2.50.